The second-order valence-electron chi connectivity index (χ2n) is 7.95. The van der Waals surface area contributed by atoms with E-state index in [9.17, 15) is 28.0 Å². The standard InChI is InChI=1S/C22H24F2N4O4S/c23-22(24)8-15(9-22)7-18(29)25-11-19(30)28-17(6-14-4-2-1-3-5-14)20(31)21(32)26-10-16-12-33-13-27-16/h1-5,12-13,15,17H,6-11H2,(H,25,29)(H,26,32)(H,28,30)/t17-/m1/s1. The molecule has 3 rings (SSSR count). The molecule has 0 unspecified atom stereocenters. The van der Waals surface area contributed by atoms with Crippen LogP contribution in [0.5, 0.6) is 0 Å². The minimum atomic E-state index is -2.71. The number of ketones is 1. The van der Waals surface area contributed by atoms with Crippen molar-refractivity contribution >= 4 is 34.8 Å². The lowest BCUT2D eigenvalue weighted by atomic mass is 9.79. The van der Waals surface area contributed by atoms with E-state index in [-0.39, 0.29) is 32.2 Å². The number of thiazole rings is 1. The fourth-order valence-electron chi connectivity index (χ4n) is 3.49. The number of benzene rings is 1. The molecule has 0 radical (unpaired) electrons. The molecule has 8 nitrogen and oxygen atoms in total. The third kappa shape index (κ3) is 7.70. The normalized spacial score (nSPS) is 15.7. The van der Waals surface area contributed by atoms with E-state index < -0.39 is 47.9 Å². The molecule has 176 valence electrons. The number of rotatable bonds is 11. The number of halogens is 2. The molecule has 1 aromatic heterocycles. The van der Waals surface area contributed by atoms with Crippen molar-refractivity contribution in [1.82, 2.24) is 20.9 Å². The molecule has 33 heavy (non-hydrogen) atoms. The Morgan fingerprint density at radius 1 is 1.09 bits per heavy atom. The molecule has 1 atom stereocenters. The quantitative estimate of drug-likeness (QED) is 0.424. The van der Waals surface area contributed by atoms with Gasteiger partial charge in [0.15, 0.2) is 0 Å². The molecular weight excluding hydrogens is 454 g/mol. The Balaban J connectivity index is 1.53. The molecule has 0 saturated heterocycles. The van der Waals surface area contributed by atoms with Crippen LogP contribution in [-0.4, -0.2) is 47.0 Å². The lowest BCUT2D eigenvalue weighted by Crippen LogP contribution is -2.51. The molecular formula is C22H24F2N4O4S. The van der Waals surface area contributed by atoms with Gasteiger partial charge in [0, 0.05) is 31.1 Å². The van der Waals surface area contributed by atoms with Gasteiger partial charge in [-0.25, -0.2) is 13.8 Å². The number of amides is 3. The number of carbonyl (C=O) groups is 4. The lowest BCUT2D eigenvalue weighted by Gasteiger charge is -2.34. The van der Waals surface area contributed by atoms with Gasteiger partial charge >= 0.3 is 0 Å². The molecule has 0 aliphatic heterocycles. The van der Waals surface area contributed by atoms with Crippen LogP contribution < -0.4 is 16.0 Å². The number of aromatic nitrogens is 1. The highest BCUT2D eigenvalue weighted by atomic mass is 32.1. The van der Waals surface area contributed by atoms with Gasteiger partial charge in [-0.15, -0.1) is 11.3 Å². The van der Waals surface area contributed by atoms with Crippen LogP contribution in [0.4, 0.5) is 8.78 Å². The monoisotopic (exact) mass is 478 g/mol. The lowest BCUT2D eigenvalue weighted by molar-refractivity contribution is -0.140. The van der Waals surface area contributed by atoms with E-state index in [4.69, 9.17) is 0 Å². The van der Waals surface area contributed by atoms with Crippen LogP contribution in [0.3, 0.4) is 0 Å². The zero-order valence-corrected chi connectivity index (χ0v) is 18.5. The Morgan fingerprint density at radius 3 is 2.45 bits per heavy atom. The number of hydrogen-bond donors (Lipinski definition) is 3. The number of nitrogens with zero attached hydrogens (tertiary/aromatic N) is 1. The van der Waals surface area contributed by atoms with Crippen LogP contribution in [0.1, 0.15) is 30.5 Å². The second-order valence-corrected chi connectivity index (χ2v) is 8.67. The van der Waals surface area contributed by atoms with Crippen molar-refractivity contribution in [2.24, 2.45) is 5.92 Å². The first kappa shape index (κ1) is 24.4. The summed E-state index contributed by atoms with van der Waals surface area (Å²) in [6.45, 7) is -0.350. The van der Waals surface area contributed by atoms with Gasteiger partial charge in [-0.05, 0) is 11.5 Å². The third-order valence-corrected chi connectivity index (χ3v) is 5.80. The molecule has 1 aliphatic rings. The molecule has 3 N–H and O–H groups in total. The first-order chi connectivity index (χ1) is 15.7. The maximum Gasteiger partial charge on any atom is 0.289 e. The summed E-state index contributed by atoms with van der Waals surface area (Å²) in [4.78, 5) is 53.4. The maximum absolute atomic E-state index is 12.9. The summed E-state index contributed by atoms with van der Waals surface area (Å²) in [5.41, 5.74) is 2.95. The summed E-state index contributed by atoms with van der Waals surface area (Å²) in [5, 5.41) is 9.09. The zero-order valence-electron chi connectivity index (χ0n) is 17.7. The van der Waals surface area contributed by atoms with Gasteiger partial charge in [-0.1, -0.05) is 30.3 Å². The van der Waals surface area contributed by atoms with Gasteiger partial charge in [0.05, 0.1) is 24.3 Å². The fraction of sp³-hybridized carbons (Fsp3) is 0.409. The minimum Gasteiger partial charge on any atom is -0.347 e. The van der Waals surface area contributed by atoms with E-state index in [0.29, 0.717) is 5.69 Å². The highest BCUT2D eigenvalue weighted by molar-refractivity contribution is 7.07. The predicted octanol–water partition coefficient (Wildman–Crippen LogP) is 1.61. The van der Waals surface area contributed by atoms with Crippen molar-refractivity contribution in [2.45, 2.75) is 44.2 Å². The van der Waals surface area contributed by atoms with Crippen LogP contribution in [0.25, 0.3) is 0 Å². The molecule has 2 aromatic rings. The summed E-state index contributed by atoms with van der Waals surface area (Å²) in [6.07, 6.45) is -0.679. The van der Waals surface area contributed by atoms with E-state index in [1.165, 1.54) is 11.3 Å². The van der Waals surface area contributed by atoms with E-state index in [2.05, 4.69) is 20.9 Å². The van der Waals surface area contributed by atoms with Crippen LogP contribution in [0.15, 0.2) is 41.2 Å². The summed E-state index contributed by atoms with van der Waals surface area (Å²) in [7, 11) is 0. The van der Waals surface area contributed by atoms with Gasteiger partial charge in [0.1, 0.15) is 6.04 Å². The number of nitrogens with one attached hydrogen (secondary N) is 3. The summed E-state index contributed by atoms with van der Waals surface area (Å²) in [6, 6.07) is 7.71. The van der Waals surface area contributed by atoms with Gasteiger partial charge in [0.2, 0.25) is 23.5 Å². The van der Waals surface area contributed by atoms with Crippen LogP contribution in [0.2, 0.25) is 0 Å². The molecule has 3 amide bonds. The summed E-state index contributed by atoms with van der Waals surface area (Å²) >= 11 is 1.36. The second kappa shape index (κ2) is 11.1. The largest absolute Gasteiger partial charge is 0.347 e. The van der Waals surface area contributed by atoms with Gasteiger partial charge in [0.25, 0.3) is 5.91 Å². The number of alkyl halides is 2. The molecule has 11 heteroatoms. The van der Waals surface area contributed by atoms with Crippen molar-refractivity contribution in [3.63, 3.8) is 0 Å². The van der Waals surface area contributed by atoms with Crippen LogP contribution in [-0.2, 0) is 32.1 Å². The Kier molecular flexibility index (Phi) is 8.21. The van der Waals surface area contributed by atoms with Gasteiger partial charge in [-0.2, -0.15) is 0 Å². The Hall–Kier alpha value is -3.21. The predicted molar refractivity (Wildman–Crippen MR) is 116 cm³/mol. The maximum atomic E-state index is 12.9. The molecule has 0 bridgehead atoms. The van der Waals surface area contributed by atoms with Crippen LogP contribution in [0, 0.1) is 5.92 Å². The fourth-order valence-corrected chi connectivity index (χ4v) is 4.05. The molecule has 1 aromatic carbocycles. The molecule has 0 spiro atoms. The highest BCUT2D eigenvalue weighted by Crippen LogP contribution is 2.43. The van der Waals surface area contributed by atoms with E-state index in [0.717, 1.165) is 5.56 Å². The first-order valence-electron chi connectivity index (χ1n) is 10.4. The van der Waals surface area contributed by atoms with Crippen molar-refractivity contribution in [2.75, 3.05) is 6.54 Å². The summed E-state index contributed by atoms with van der Waals surface area (Å²) in [5.74, 6) is -5.99. The number of hydrogen-bond acceptors (Lipinski definition) is 6. The van der Waals surface area contributed by atoms with Crippen LogP contribution >= 0.6 is 11.3 Å². The molecule has 1 fully saturated rings. The minimum absolute atomic E-state index is 0.0797. The van der Waals surface area contributed by atoms with Crippen molar-refractivity contribution in [3.05, 3.63) is 52.5 Å². The first-order valence-corrected chi connectivity index (χ1v) is 11.3. The summed E-state index contributed by atoms with van der Waals surface area (Å²) < 4.78 is 25.8. The average Bonchev–Trinajstić information content (AvgIpc) is 3.28. The number of Topliss-reactive ketones (excluding diaryl/α,β-unsaturated/α-hetero) is 1. The van der Waals surface area contributed by atoms with E-state index >= 15 is 0 Å². The van der Waals surface area contributed by atoms with Crippen molar-refractivity contribution in [3.8, 4) is 0 Å². The van der Waals surface area contributed by atoms with Gasteiger partial charge < -0.3 is 16.0 Å². The SMILES string of the molecule is O=C(CC1CC(F)(F)C1)NCC(=O)N[C@H](Cc1ccccc1)C(=O)C(=O)NCc1cscn1. The highest BCUT2D eigenvalue weighted by Gasteiger charge is 2.45. The zero-order chi connectivity index (χ0) is 23.8. The Morgan fingerprint density at radius 2 is 1.82 bits per heavy atom. The van der Waals surface area contributed by atoms with Crippen molar-refractivity contribution in [1.29, 1.82) is 0 Å². The Bertz CT molecular complexity index is 978. The topological polar surface area (TPSA) is 117 Å². The smallest absolute Gasteiger partial charge is 0.289 e. The molecule has 1 saturated carbocycles. The average molecular weight is 479 g/mol. The van der Waals surface area contributed by atoms with Gasteiger partial charge in [-0.3, -0.25) is 19.2 Å². The van der Waals surface area contributed by atoms with E-state index in [1.807, 2.05) is 0 Å². The Labute approximate surface area is 193 Å². The van der Waals surface area contributed by atoms with E-state index in [1.54, 1.807) is 41.2 Å². The number of carbonyl (C=O) groups excluding carboxylic acids is 4. The van der Waals surface area contributed by atoms with Crippen molar-refractivity contribution < 1.29 is 28.0 Å². The molecule has 1 heterocycles. The molecule has 1 aliphatic carbocycles. The third-order valence-electron chi connectivity index (χ3n) is 5.17.